The summed E-state index contributed by atoms with van der Waals surface area (Å²) < 4.78 is 39.6. The number of ether oxygens (including phenoxy) is 1. The van der Waals surface area contributed by atoms with Gasteiger partial charge in [0.1, 0.15) is 5.82 Å². The van der Waals surface area contributed by atoms with Crippen LogP contribution in [-0.2, 0) is 6.54 Å². The molecule has 21 heavy (non-hydrogen) atoms. The number of rotatable bonds is 6. The average molecular weight is 307 g/mol. The van der Waals surface area contributed by atoms with Crippen molar-refractivity contribution in [2.45, 2.75) is 46.1 Å². The van der Waals surface area contributed by atoms with Gasteiger partial charge in [-0.2, -0.15) is 0 Å². The van der Waals surface area contributed by atoms with Crippen LogP contribution in [0, 0.1) is 5.41 Å². The number of aliphatic hydroxyl groups is 1. The molecule has 5 nitrogen and oxygen atoms in total. The van der Waals surface area contributed by atoms with E-state index in [-0.39, 0.29) is 24.6 Å². The first-order chi connectivity index (χ1) is 9.59. The van der Waals surface area contributed by atoms with Crippen molar-refractivity contribution in [2.75, 3.05) is 6.61 Å². The summed E-state index contributed by atoms with van der Waals surface area (Å²) in [7, 11) is 0. The molecule has 0 spiro atoms. The highest BCUT2D eigenvalue weighted by Gasteiger charge is 2.31. The van der Waals surface area contributed by atoms with E-state index in [0.717, 1.165) is 18.8 Å². The van der Waals surface area contributed by atoms with Crippen molar-refractivity contribution in [3.8, 4) is 5.75 Å². The summed E-state index contributed by atoms with van der Waals surface area (Å²) in [5, 5.41) is 12.4. The van der Waals surface area contributed by atoms with Crippen LogP contribution in [0.1, 0.15) is 33.0 Å². The molecule has 1 rings (SSSR count). The monoisotopic (exact) mass is 307 g/mol. The molecule has 8 heteroatoms. The molecule has 120 valence electrons. The van der Waals surface area contributed by atoms with Gasteiger partial charge in [0.25, 0.3) is 0 Å². The summed E-state index contributed by atoms with van der Waals surface area (Å²) in [6.45, 7) is 6.38. The Morgan fingerprint density at radius 2 is 1.81 bits per heavy atom. The van der Waals surface area contributed by atoms with E-state index >= 15 is 0 Å². The molecule has 1 aromatic rings. The van der Waals surface area contributed by atoms with Gasteiger partial charge >= 0.3 is 6.36 Å². The van der Waals surface area contributed by atoms with Gasteiger partial charge in [0.15, 0.2) is 5.75 Å². The first kappa shape index (κ1) is 17.6. The first-order valence-electron chi connectivity index (χ1n) is 6.50. The second-order valence-electron chi connectivity index (χ2n) is 5.91. The maximum atomic E-state index is 12.0. The number of nitrogens with zero attached hydrogens (tertiary/aromatic N) is 2. The van der Waals surface area contributed by atoms with Crippen molar-refractivity contribution in [1.29, 1.82) is 0 Å². The lowest BCUT2D eigenvalue weighted by Gasteiger charge is -2.25. The van der Waals surface area contributed by atoms with Gasteiger partial charge in [-0.05, 0) is 11.8 Å². The van der Waals surface area contributed by atoms with Gasteiger partial charge in [0.05, 0.1) is 25.5 Å². The molecule has 0 aliphatic rings. The van der Waals surface area contributed by atoms with Crippen LogP contribution in [0.3, 0.4) is 0 Å². The summed E-state index contributed by atoms with van der Waals surface area (Å²) in [5.41, 5.74) is 0.0473. The van der Waals surface area contributed by atoms with E-state index in [1.807, 2.05) is 0 Å². The molecule has 0 bridgehead atoms. The minimum atomic E-state index is -4.75. The van der Waals surface area contributed by atoms with Gasteiger partial charge in [-0.1, -0.05) is 20.8 Å². The van der Waals surface area contributed by atoms with Gasteiger partial charge < -0.3 is 15.2 Å². The van der Waals surface area contributed by atoms with Crippen LogP contribution in [0.25, 0.3) is 0 Å². The molecule has 0 aliphatic heterocycles. The minimum Gasteiger partial charge on any atom is -0.402 e. The van der Waals surface area contributed by atoms with Crippen LogP contribution < -0.4 is 10.1 Å². The van der Waals surface area contributed by atoms with Crippen molar-refractivity contribution >= 4 is 0 Å². The van der Waals surface area contributed by atoms with Crippen LogP contribution in [0.2, 0.25) is 0 Å². The van der Waals surface area contributed by atoms with Crippen molar-refractivity contribution in [2.24, 2.45) is 5.41 Å². The summed E-state index contributed by atoms with van der Waals surface area (Å²) in [6, 6.07) is -0.125. The Morgan fingerprint density at radius 3 is 2.24 bits per heavy atom. The Hall–Kier alpha value is -1.41. The van der Waals surface area contributed by atoms with E-state index in [2.05, 4.69) is 40.8 Å². The van der Waals surface area contributed by atoms with Crippen LogP contribution in [-0.4, -0.2) is 34.1 Å². The standard InChI is InChI=1S/C13H20F3N3O2/c1-12(2,3)4-9(8-20)17-7-11-18-5-10(6-19-11)21-13(14,15)16/h5-6,9,17,20H,4,7-8H2,1-3H3/t9-/m1/s1. The zero-order valence-electron chi connectivity index (χ0n) is 12.2. The van der Waals surface area contributed by atoms with Gasteiger partial charge in [-0.25, -0.2) is 9.97 Å². The summed E-state index contributed by atoms with van der Waals surface area (Å²) >= 11 is 0. The van der Waals surface area contributed by atoms with Crippen LogP contribution >= 0.6 is 0 Å². The number of nitrogens with one attached hydrogen (secondary N) is 1. The van der Waals surface area contributed by atoms with E-state index in [4.69, 9.17) is 0 Å². The Kier molecular flexibility index (Phi) is 5.91. The second-order valence-corrected chi connectivity index (χ2v) is 5.91. The summed E-state index contributed by atoms with van der Waals surface area (Å²) in [4.78, 5) is 7.57. The molecule has 0 radical (unpaired) electrons. The lowest BCUT2D eigenvalue weighted by atomic mass is 9.88. The van der Waals surface area contributed by atoms with Crippen LogP contribution in [0.15, 0.2) is 12.4 Å². The fraction of sp³-hybridized carbons (Fsp3) is 0.692. The van der Waals surface area contributed by atoms with Gasteiger partial charge in [0.2, 0.25) is 0 Å². The fourth-order valence-electron chi connectivity index (χ4n) is 1.80. The predicted molar refractivity (Wildman–Crippen MR) is 70.5 cm³/mol. The largest absolute Gasteiger partial charge is 0.573 e. The third-order valence-corrected chi connectivity index (χ3v) is 2.54. The molecule has 2 N–H and O–H groups in total. The third kappa shape index (κ3) is 7.81. The number of hydrogen-bond donors (Lipinski definition) is 2. The molecule has 1 atom stereocenters. The van der Waals surface area contributed by atoms with Crippen molar-refractivity contribution in [3.05, 3.63) is 18.2 Å². The SMILES string of the molecule is CC(C)(C)C[C@H](CO)NCc1ncc(OC(F)(F)F)cn1. The number of aromatic nitrogens is 2. The molecule has 0 amide bonds. The van der Waals surface area contributed by atoms with Gasteiger partial charge in [0, 0.05) is 6.04 Å². The molecule has 0 aliphatic carbocycles. The third-order valence-electron chi connectivity index (χ3n) is 2.54. The maximum absolute atomic E-state index is 12.0. The number of aliphatic hydroxyl groups excluding tert-OH is 1. The molecular weight excluding hydrogens is 287 g/mol. The molecule has 1 aromatic heterocycles. The minimum absolute atomic E-state index is 0.0352. The number of alkyl halides is 3. The highest BCUT2D eigenvalue weighted by molar-refractivity contribution is 5.12. The molecular formula is C13H20F3N3O2. The Bertz CT molecular complexity index is 430. The maximum Gasteiger partial charge on any atom is 0.573 e. The second kappa shape index (κ2) is 7.04. The van der Waals surface area contributed by atoms with Crippen molar-refractivity contribution in [1.82, 2.24) is 15.3 Å². The van der Waals surface area contributed by atoms with Crippen LogP contribution in [0.5, 0.6) is 5.75 Å². The predicted octanol–water partition coefficient (Wildman–Crippen LogP) is 2.26. The molecule has 0 saturated carbocycles. The number of halogens is 3. The Labute approximate surface area is 121 Å². The fourth-order valence-corrected chi connectivity index (χ4v) is 1.80. The Balaban J connectivity index is 2.52. The lowest BCUT2D eigenvalue weighted by molar-refractivity contribution is -0.274. The molecule has 1 heterocycles. The highest BCUT2D eigenvalue weighted by atomic mass is 19.4. The molecule has 0 unspecified atom stereocenters. The van der Waals surface area contributed by atoms with Gasteiger partial charge in [-0.3, -0.25) is 0 Å². The number of hydrogen-bond acceptors (Lipinski definition) is 5. The summed E-state index contributed by atoms with van der Waals surface area (Å²) in [6.07, 6.45) is -2.07. The molecule has 0 saturated heterocycles. The van der Waals surface area contributed by atoms with E-state index in [0.29, 0.717) is 5.82 Å². The van der Waals surface area contributed by atoms with Crippen LogP contribution in [0.4, 0.5) is 13.2 Å². The van der Waals surface area contributed by atoms with E-state index < -0.39 is 12.1 Å². The average Bonchev–Trinajstić information content (AvgIpc) is 2.33. The molecule has 0 aromatic carbocycles. The Morgan fingerprint density at radius 1 is 1.24 bits per heavy atom. The quantitative estimate of drug-likeness (QED) is 0.844. The van der Waals surface area contributed by atoms with Crippen molar-refractivity contribution < 1.29 is 23.0 Å². The summed E-state index contributed by atoms with van der Waals surface area (Å²) in [5.74, 6) is -0.128. The van der Waals surface area contributed by atoms with E-state index in [1.54, 1.807) is 0 Å². The lowest BCUT2D eigenvalue weighted by Crippen LogP contribution is -2.36. The zero-order chi connectivity index (χ0) is 16.1. The first-order valence-corrected chi connectivity index (χ1v) is 6.50. The van der Waals surface area contributed by atoms with Crippen molar-refractivity contribution in [3.63, 3.8) is 0 Å². The zero-order valence-corrected chi connectivity index (χ0v) is 12.2. The topological polar surface area (TPSA) is 67.3 Å². The smallest absolute Gasteiger partial charge is 0.402 e. The normalized spacial score (nSPS) is 14.0. The molecule has 0 fully saturated rings. The van der Waals surface area contributed by atoms with E-state index in [9.17, 15) is 18.3 Å². The van der Waals surface area contributed by atoms with Gasteiger partial charge in [-0.15, -0.1) is 13.2 Å². The van der Waals surface area contributed by atoms with E-state index in [1.165, 1.54) is 0 Å². The highest BCUT2D eigenvalue weighted by Crippen LogP contribution is 2.22.